The zero-order valence-corrected chi connectivity index (χ0v) is 20.9. The molecule has 0 unspecified atom stereocenters. The molecule has 0 radical (unpaired) electrons. The molecule has 1 aromatic carbocycles. The molecule has 2 amide bonds. The molecule has 0 aliphatic carbocycles. The Morgan fingerprint density at radius 3 is 2.51 bits per heavy atom. The first kappa shape index (κ1) is 24.7. The largest absolute Gasteiger partial charge is 0.462 e. The van der Waals surface area contributed by atoms with Gasteiger partial charge in [-0.05, 0) is 44.0 Å². The number of aryl methyl sites for hydroxylation is 2. The van der Waals surface area contributed by atoms with E-state index < -0.39 is 5.97 Å². The highest BCUT2D eigenvalue weighted by Gasteiger charge is 2.27. The molecule has 2 aromatic heterocycles. The standard InChI is InChI=1S/C26H29N3O5S/c1-4-33-26(32)23-20(19-8-7-17(2)14-18(19)3)16-35-24(23)27-22(30)15-28-9-11-29(12-10-28)25(31)21-6-5-13-34-21/h5-8,13-14,16H,4,9-12,15H2,1-3H3,(H,27,30). The van der Waals surface area contributed by atoms with Gasteiger partial charge in [0.2, 0.25) is 5.91 Å². The van der Waals surface area contributed by atoms with Crippen molar-refractivity contribution in [2.24, 2.45) is 0 Å². The van der Waals surface area contributed by atoms with E-state index in [0.29, 0.717) is 42.5 Å². The van der Waals surface area contributed by atoms with Crippen LogP contribution in [-0.2, 0) is 9.53 Å². The van der Waals surface area contributed by atoms with Gasteiger partial charge in [0.25, 0.3) is 5.91 Å². The second kappa shape index (κ2) is 10.9. The summed E-state index contributed by atoms with van der Waals surface area (Å²) in [5.41, 5.74) is 4.26. The van der Waals surface area contributed by atoms with E-state index in [-0.39, 0.29) is 25.0 Å². The topological polar surface area (TPSA) is 92.1 Å². The van der Waals surface area contributed by atoms with Crippen molar-refractivity contribution in [3.63, 3.8) is 0 Å². The van der Waals surface area contributed by atoms with Crippen LogP contribution < -0.4 is 5.32 Å². The third-order valence-electron chi connectivity index (χ3n) is 5.95. The highest BCUT2D eigenvalue weighted by Crippen LogP contribution is 2.38. The van der Waals surface area contributed by atoms with Crippen LogP contribution in [0.15, 0.2) is 46.4 Å². The Kier molecular flexibility index (Phi) is 7.67. The molecule has 1 N–H and O–H groups in total. The van der Waals surface area contributed by atoms with Gasteiger partial charge in [0.15, 0.2) is 5.76 Å². The van der Waals surface area contributed by atoms with Crippen molar-refractivity contribution in [1.29, 1.82) is 0 Å². The number of hydrogen-bond donors (Lipinski definition) is 1. The maximum absolute atomic E-state index is 12.9. The Hall–Kier alpha value is -3.43. The second-order valence-electron chi connectivity index (χ2n) is 8.49. The molecule has 0 saturated carbocycles. The van der Waals surface area contributed by atoms with Crippen LogP contribution in [0.1, 0.15) is 39.0 Å². The van der Waals surface area contributed by atoms with Crippen molar-refractivity contribution < 1.29 is 23.5 Å². The van der Waals surface area contributed by atoms with E-state index in [1.807, 2.05) is 36.3 Å². The van der Waals surface area contributed by atoms with Crippen LogP contribution in [0, 0.1) is 13.8 Å². The van der Waals surface area contributed by atoms with Gasteiger partial charge < -0.3 is 19.4 Å². The third kappa shape index (κ3) is 5.63. The number of thiophene rings is 1. The van der Waals surface area contributed by atoms with Crippen molar-refractivity contribution in [1.82, 2.24) is 9.80 Å². The lowest BCUT2D eigenvalue weighted by atomic mass is 9.97. The minimum absolute atomic E-state index is 0.143. The summed E-state index contributed by atoms with van der Waals surface area (Å²) in [5.74, 6) is -0.491. The Morgan fingerprint density at radius 2 is 1.86 bits per heavy atom. The average Bonchev–Trinajstić information content (AvgIpc) is 3.50. The lowest BCUT2D eigenvalue weighted by Gasteiger charge is -2.33. The van der Waals surface area contributed by atoms with Gasteiger partial charge >= 0.3 is 5.97 Å². The van der Waals surface area contributed by atoms with Crippen molar-refractivity contribution in [3.05, 3.63) is 64.4 Å². The SMILES string of the molecule is CCOC(=O)c1c(-c2ccc(C)cc2C)csc1NC(=O)CN1CCN(C(=O)c2ccco2)CC1. The van der Waals surface area contributed by atoms with E-state index in [1.165, 1.54) is 17.6 Å². The Balaban J connectivity index is 1.43. The Morgan fingerprint density at radius 1 is 1.09 bits per heavy atom. The molecule has 0 spiro atoms. The fraction of sp³-hybridized carbons (Fsp3) is 0.346. The van der Waals surface area contributed by atoms with Gasteiger partial charge in [-0.1, -0.05) is 23.8 Å². The second-order valence-corrected chi connectivity index (χ2v) is 9.37. The number of carbonyl (C=O) groups excluding carboxylic acids is 3. The van der Waals surface area contributed by atoms with E-state index >= 15 is 0 Å². The molecular weight excluding hydrogens is 466 g/mol. The predicted octanol–water partition coefficient (Wildman–Crippen LogP) is 4.20. The summed E-state index contributed by atoms with van der Waals surface area (Å²) < 4.78 is 10.5. The summed E-state index contributed by atoms with van der Waals surface area (Å²) in [6.45, 7) is 8.37. The summed E-state index contributed by atoms with van der Waals surface area (Å²) in [7, 11) is 0. The molecule has 3 heterocycles. The van der Waals surface area contributed by atoms with Crippen LogP contribution in [-0.4, -0.2) is 66.9 Å². The van der Waals surface area contributed by atoms with E-state index in [4.69, 9.17) is 9.15 Å². The molecule has 1 aliphatic heterocycles. The molecular formula is C26H29N3O5S. The number of nitrogens with one attached hydrogen (secondary N) is 1. The molecule has 1 saturated heterocycles. The first-order chi connectivity index (χ1) is 16.9. The fourth-order valence-electron chi connectivity index (χ4n) is 4.20. The maximum Gasteiger partial charge on any atom is 0.341 e. The number of anilines is 1. The van der Waals surface area contributed by atoms with Crippen LogP contribution in [0.2, 0.25) is 0 Å². The van der Waals surface area contributed by atoms with Crippen molar-refractivity contribution in [3.8, 4) is 11.1 Å². The van der Waals surface area contributed by atoms with Crippen molar-refractivity contribution in [2.45, 2.75) is 20.8 Å². The maximum atomic E-state index is 12.9. The molecule has 3 aromatic rings. The van der Waals surface area contributed by atoms with Crippen molar-refractivity contribution in [2.75, 3.05) is 44.6 Å². The quantitative estimate of drug-likeness (QED) is 0.494. The highest BCUT2D eigenvalue weighted by atomic mass is 32.1. The molecule has 1 fully saturated rings. The van der Waals surface area contributed by atoms with Gasteiger partial charge in [0.05, 0.1) is 19.4 Å². The normalized spacial score (nSPS) is 14.1. The van der Waals surface area contributed by atoms with Crippen molar-refractivity contribution >= 4 is 34.1 Å². The summed E-state index contributed by atoms with van der Waals surface area (Å²) in [6.07, 6.45) is 1.48. The van der Waals surface area contributed by atoms with E-state index in [9.17, 15) is 14.4 Å². The van der Waals surface area contributed by atoms with Crippen LogP contribution in [0.25, 0.3) is 11.1 Å². The van der Waals surface area contributed by atoms with Gasteiger partial charge in [0, 0.05) is 37.1 Å². The highest BCUT2D eigenvalue weighted by molar-refractivity contribution is 7.15. The molecule has 0 bridgehead atoms. The molecule has 4 rings (SSSR count). The van der Waals surface area contributed by atoms with Gasteiger partial charge in [-0.2, -0.15) is 0 Å². The number of amides is 2. The zero-order chi connectivity index (χ0) is 24.9. The first-order valence-electron chi connectivity index (χ1n) is 11.6. The smallest absolute Gasteiger partial charge is 0.341 e. The number of hydrogen-bond acceptors (Lipinski definition) is 7. The van der Waals surface area contributed by atoms with Gasteiger partial charge in [-0.15, -0.1) is 11.3 Å². The lowest BCUT2D eigenvalue weighted by Crippen LogP contribution is -2.50. The van der Waals surface area contributed by atoms with Crippen LogP contribution >= 0.6 is 11.3 Å². The minimum atomic E-state index is -0.455. The van der Waals surface area contributed by atoms with E-state index in [1.54, 1.807) is 24.0 Å². The Bertz CT molecular complexity index is 1210. The first-order valence-corrected chi connectivity index (χ1v) is 12.5. The van der Waals surface area contributed by atoms with Crippen LogP contribution in [0.4, 0.5) is 5.00 Å². The molecule has 35 heavy (non-hydrogen) atoms. The number of ether oxygens (including phenoxy) is 1. The number of benzene rings is 1. The molecule has 184 valence electrons. The molecule has 8 nitrogen and oxygen atoms in total. The van der Waals surface area contributed by atoms with Gasteiger partial charge in [-0.3, -0.25) is 14.5 Å². The third-order valence-corrected chi connectivity index (χ3v) is 6.85. The summed E-state index contributed by atoms with van der Waals surface area (Å²) in [6, 6.07) is 9.40. The predicted molar refractivity (Wildman–Crippen MR) is 135 cm³/mol. The molecule has 0 atom stereocenters. The zero-order valence-electron chi connectivity index (χ0n) is 20.1. The van der Waals surface area contributed by atoms with Gasteiger partial charge in [0.1, 0.15) is 10.6 Å². The number of rotatable bonds is 7. The summed E-state index contributed by atoms with van der Waals surface area (Å²) in [5, 5.41) is 5.29. The van der Waals surface area contributed by atoms with E-state index in [2.05, 4.69) is 11.4 Å². The van der Waals surface area contributed by atoms with Crippen LogP contribution in [0.5, 0.6) is 0 Å². The lowest BCUT2D eigenvalue weighted by molar-refractivity contribution is -0.117. The number of carbonyl (C=O) groups is 3. The number of nitrogens with zero attached hydrogens (tertiary/aromatic N) is 2. The van der Waals surface area contributed by atoms with E-state index in [0.717, 1.165) is 22.3 Å². The molecule has 1 aliphatic rings. The Labute approximate surface area is 208 Å². The number of piperazine rings is 1. The number of furan rings is 1. The average molecular weight is 496 g/mol. The number of esters is 1. The summed E-state index contributed by atoms with van der Waals surface area (Å²) >= 11 is 1.32. The minimum Gasteiger partial charge on any atom is -0.462 e. The van der Waals surface area contributed by atoms with Crippen LogP contribution in [0.3, 0.4) is 0 Å². The fourth-order valence-corrected chi connectivity index (χ4v) is 5.17. The summed E-state index contributed by atoms with van der Waals surface area (Å²) in [4.78, 5) is 41.9. The van der Waals surface area contributed by atoms with Gasteiger partial charge in [-0.25, -0.2) is 4.79 Å². The molecule has 9 heteroatoms. The monoisotopic (exact) mass is 495 g/mol.